The van der Waals surface area contributed by atoms with Gasteiger partial charge in [0.2, 0.25) is 0 Å². The van der Waals surface area contributed by atoms with Gasteiger partial charge < -0.3 is 9.84 Å². The number of nitrogens with zero attached hydrogens (tertiary/aromatic N) is 1. The molecule has 2 heterocycles. The lowest BCUT2D eigenvalue weighted by molar-refractivity contribution is -0.0429. The van der Waals surface area contributed by atoms with Crippen molar-refractivity contribution in [3.63, 3.8) is 0 Å². The molecule has 2 atom stereocenters. The van der Waals surface area contributed by atoms with Gasteiger partial charge in [-0.05, 0) is 52.2 Å². The summed E-state index contributed by atoms with van der Waals surface area (Å²) in [5, 5.41) is 10.9. The molecule has 0 saturated heterocycles. The second kappa shape index (κ2) is 8.96. The van der Waals surface area contributed by atoms with Gasteiger partial charge in [0.25, 0.3) is 0 Å². The number of nitrogens with one attached hydrogen (secondary N) is 1. The van der Waals surface area contributed by atoms with Crippen molar-refractivity contribution in [2.24, 2.45) is 5.92 Å². The third-order valence-corrected chi connectivity index (χ3v) is 6.85. The van der Waals surface area contributed by atoms with Crippen LogP contribution in [0.15, 0.2) is 65.3 Å². The Morgan fingerprint density at radius 2 is 1.91 bits per heavy atom. The van der Waals surface area contributed by atoms with Crippen LogP contribution in [0.25, 0.3) is 11.1 Å². The number of anilines is 1. The number of hydrogen-bond acceptors (Lipinski definition) is 5. The first-order valence-electron chi connectivity index (χ1n) is 9.79. The lowest BCUT2D eigenvalue weighted by atomic mass is 9.88. The summed E-state index contributed by atoms with van der Waals surface area (Å²) in [4.78, 5) is 4.32. The van der Waals surface area contributed by atoms with Gasteiger partial charge in [0.05, 0.1) is 18.4 Å². The fourth-order valence-electron chi connectivity index (χ4n) is 3.61. The summed E-state index contributed by atoms with van der Waals surface area (Å²) in [7, 11) is -5.58. The van der Waals surface area contributed by atoms with Gasteiger partial charge in [0, 0.05) is 33.4 Å². The Morgan fingerprint density at radius 1 is 1.15 bits per heavy atom. The molecule has 0 spiro atoms. The number of para-hydroxylation sites is 1. The van der Waals surface area contributed by atoms with E-state index < -0.39 is 21.6 Å². The first-order chi connectivity index (χ1) is 15.5. The summed E-state index contributed by atoms with van der Waals surface area (Å²) < 4.78 is 69.9. The van der Waals surface area contributed by atoms with E-state index in [0.29, 0.717) is 23.3 Å². The molecule has 0 aliphatic carbocycles. The minimum Gasteiger partial charge on any atom is -0.493 e. The van der Waals surface area contributed by atoms with Gasteiger partial charge in [0.1, 0.15) is 5.75 Å². The fraction of sp³-hybridized carbons (Fsp3) is 0.227. The van der Waals surface area contributed by atoms with Crippen molar-refractivity contribution in [1.29, 1.82) is 0 Å². The van der Waals surface area contributed by atoms with Gasteiger partial charge in [-0.1, -0.05) is 30.3 Å². The molecule has 3 aromatic rings. The maximum Gasteiger partial charge on any atom is 0.516 e. The highest BCUT2D eigenvalue weighted by atomic mass is 79.9. The van der Waals surface area contributed by atoms with E-state index in [4.69, 9.17) is 4.74 Å². The molecule has 1 aliphatic rings. The van der Waals surface area contributed by atoms with E-state index in [2.05, 4.69) is 20.9 Å². The van der Waals surface area contributed by atoms with Crippen molar-refractivity contribution < 1.29 is 31.4 Å². The van der Waals surface area contributed by atoms with Crippen LogP contribution < -0.4 is 9.46 Å². The maximum atomic E-state index is 12.8. The average molecular weight is 543 g/mol. The van der Waals surface area contributed by atoms with E-state index in [1.165, 1.54) is 18.2 Å². The first kappa shape index (κ1) is 23.5. The van der Waals surface area contributed by atoms with Crippen LogP contribution in [0.5, 0.6) is 5.75 Å². The van der Waals surface area contributed by atoms with Crippen molar-refractivity contribution in [3.05, 3.63) is 76.5 Å². The van der Waals surface area contributed by atoms with Crippen LogP contribution in [0.2, 0.25) is 0 Å². The van der Waals surface area contributed by atoms with Crippen LogP contribution in [0.4, 0.5) is 18.9 Å². The Balaban J connectivity index is 1.60. The monoisotopic (exact) mass is 542 g/mol. The molecular formula is C22H18BrF3N2O4S. The summed E-state index contributed by atoms with van der Waals surface area (Å²) in [5.74, 6) is 0.149. The number of sulfonamides is 1. The molecule has 0 fully saturated rings. The molecule has 11 heteroatoms. The average Bonchev–Trinajstić information content (AvgIpc) is 2.76. The molecule has 0 amide bonds. The molecule has 1 aromatic heterocycles. The number of aromatic nitrogens is 1. The number of aliphatic hydroxyl groups is 1. The number of alkyl halides is 3. The summed E-state index contributed by atoms with van der Waals surface area (Å²) in [6.45, 7) is 0.220. The smallest absolute Gasteiger partial charge is 0.493 e. The molecule has 6 nitrogen and oxygen atoms in total. The molecule has 33 heavy (non-hydrogen) atoms. The van der Waals surface area contributed by atoms with Crippen LogP contribution in [-0.2, 0) is 16.4 Å². The minimum absolute atomic E-state index is 0.217. The predicted molar refractivity (Wildman–Crippen MR) is 120 cm³/mol. The molecule has 2 aromatic carbocycles. The lowest BCUT2D eigenvalue weighted by Crippen LogP contribution is -2.30. The number of halogens is 4. The van der Waals surface area contributed by atoms with E-state index >= 15 is 0 Å². The molecule has 0 radical (unpaired) electrons. The number of rotatable bonds is 5. The SMILES string of the molecule is O=S(=O)(Nc1ccccc1-c1ccc2c(c1)OC[C@@H](Cc1ccc(Br)cn1)[C@@H]2O)C(F)(F)F. The number of fused-ring (bicyclic) bond motifs is 1. The highest BCUT2D eigenvalue weighted by molar-refractivity contribution is 9.10. The summed E-state index contributed by atoms with van der Waals surface area (Å²) in [6.07, 6.45) is 1.35. The second-order valence-electron chi connectivity index (χ2n) is 7.54. The Kier molecular flexibility index (Phi) is 6.39. The van der Waals surface area contributed by atoms with Crippen LogP contribution in [0.3, 0.4) is 0 Å². The van der Waals surface area contributed by atoms with Gasteiger partial charge >= 0.3 is 15.5 Å². The first-order valence-corrected chi connectivity index (χ1v) is 12.1. The Labute approximate surface area is 196 Å². The van der Waals surface area contributed by atoms with Gasteiger partial charge in [-0.2, -0.15) is 21.6 Å². The van der Waals surface area contributed by atoms with E-state index in [0.717, 1.165) is 10.2 Å². The number of aliphatic hydroxyl groups excluding tert-OH is 1. The summed E-state index contributed by atoms with van der Waals surface area (Å²) >= 11 is 3.33. The number of ether oxygens (including phenoxy) is 1. The zero-order chi connectivity index (χ0) is 23.8. The van der Waals surface area contributed by atoms with Crippen molar-refractivity contribution >= 4 is 31.6 Å². The lowest BCUT2D eigenvalue weighted by Gasteiger charge is -2.30. The summed E-state index contributed by atoms with van der Waals surface area (Å²) in [6, 6.07) is 14.3. The minimum atomic E-state index is -5.58. The summed E-state index contributed by atoms with van der Waals surface area (Å²) in [5.41, 5.74) is -3.63. The molecule has 0 unspecified atom stereocenters. The molecule has 0 bridgehead atoms. The Bertz CT molecular complexity index is 1270. The number of hydrogen-bond donors (Lipinski definition) is 2. The quantitative estimate of drug-likeness (QED) is 0.470. The van der Waals surface area contributed by atoms with Crippen LogP contribution in [-0.4, -0.2) is 30.6 Å². The maximum absolute atomic E-state index is 12.8. The third-order valence-electron chi connectivity index (χ3n) is 5.28. The Hall–Kier alpha value is -2.63. The number of pyridine rings is 1. The van der Waals surface area contributed by atoms with E-state index in [-0.39, 0.29) is 23.8 Å². The molecule has 2 N–H and O–H groups in total. The number of benzene rings is 2. The van der Waals surface area contributed by atoms with E-state index in [9.17, 15) is 26.7 Å². The van der Waals surface area contributed by atoms with E-state index in [1.54, 1.807) is 35.2 Å². The van der Waals surface area contributed by atoms with E-state index in [1.807, 2.05) is 12.1 Å². The normalized spacial score (nSPS) is 18.3. The standard InChI is InChI=1S/C22H18BrF3N2O4S/c23-15-6-7-16(27-11-15)9-14-12-32-20-10-13(5-8-18(20)21(14)29)17-3-1-2-4-19(17)28-33(30,31)22(24,25)26/h1-8,10-11,14,21,28-29H,9,12H2/t14-,21+/m1/s1. The third kappa shape index (κ3) is 4.99. The van der Waals surface area contributed by atoms with Crippen molar-refractivity contribution in [1.82, 2.24) is 4.98 Å². The van der Waals surface area contributed by atoms with Crippen LogP contribution >= 0.6 is 15.9 Å². The largest absolute Gasteiger partial charge is 0.516 e. The fourth-order valence-corrected chi connectivity index (χ4v) is 4.42. The zero-order valence-electron chi connectivity index (χ0n) is 16.9. The second-order valence-corrected chi connectivity index (χ2v) is 10.1. The van der Waals surface area contributed by atoms with Crippen molar-refractivity contribution in [2.45, 2.75) is 18.0 Å². The molecular weight excluding hydrogens is 525 g/mol. The van der Waals surface area contributed by atoms with Gasteiger partial charge in [-0.25, -0.2) is 0 Å². The molecule has 0 saturated carbocycles. The van der Waals surface area contributed by atoms with Gasteiger partial charge in [-0.15, -0.1) is 0 Å². The molecule has 174 valence electrons. The highest BCUT2D eigenvalue weighted by Gasteiger charge is 2.46. The topological polar surface area (TPSA) is 88.5 Å². The van der Waals surface area contributed by atoms with Gasteiger partial charge in [-0.3, -0.25) is 9.71 Å². The molecule has 1 aliphatic heterocycles. The Morgan fingerprint density at radius 3 is 2.61 bits per heavy atom. The van der Waals surface area contributed by atoms with Crippen LogP contribution in [0.1, 0.15) is 17.4 Å². The van der Waals surface area contributed by atoms with Crippen LogP contribution in [0, 0.1) is 5.92 Å². The van der Waals surface area contributed by atoms with Crippen molar-refractivity contribution in [2.75, 3.05) is 11.3 Å². The highest BCUT2D eigenvalue weighted by Crippen LogP contribution is 2.41. The zero-order valence-corrected chi connectivity index (χ0v) is 19.3. The molecule has 4 rings (SSSR count). The predicted octanol–water partition coefficient (Wildman–Crippen LogP) is 5.06. The van der Waals surface area contributed by atoms with Crippen molar-refractivity contribution in [3.8, 4) is 16.9 Å². The van der Waals surface area contributed by atoms with Gasteiger partial charge in [0.15, 0.2) is 0 Å².